The monoisotopic (exact) mass is 144 g/mol. The van der Waals surface area contributed by atoms with E-state index in [0.717, 1.165) is 13.0 Å². The smallest absolute Gasteiger partial charge is 0.203 e. The molecule has 0 aliphatic rings. The van der Waals surface area contributed by atoms with Crippen LogP contribution in [0.2, 0.25) is 0 Å². The van der Waals surface area contributed by atoms with Gasteiger partial charge in [0.1, 0.15) is 0 Å². The second kappa shape index (κ2) is 5.05. The van der Waals surface area contributed by atoms with Gasteiger partial charge in [-0.25, -0.2) is 5.01 Å². The van der Waals surface area contributed by atoms with Crippen LogP contribution in [0.25, 0.3) is 0 Å². The summed E-state index contributed by atoms with van der Waals surface area (Å²) in [5, 5.41) is 1.76. The Balaban J connectivity index is 3.49. The van der Waals surface area contributed by atoms with Crippen molar-refractivity contribution in [2.75, 3.05) is 20.6 Å². The molecule has 0 rings (SSSR count). The van der Waals surface area contributed by atoms with Gasteiger partial charge in [0, 0.05) is 20.6 Å². The highest BCUT2D eigenvalue weighted by atomic mass is 15.5. The van der Waals surface area contributed by atoms with E-state index in [0.29, 0.717) is 5.96 Å². The molecule has 0 aromatic carbocycles. The van der Waals surface area contributed by atoms with Crippen molar-refractivity contribution in [3.05, 3.63) is 0 Å². The summed E-state index contributed by atoms with van der Waals surface area (Å²) >= 11 is 0. The quantitative estimate of drug-likeness (QED) is 0.327. The Bertz CT molecular complexity index is 108. The van der Waals surface area contributed by atoms with E-state index in [1.165, 1.54) is 0 Å². The van der Waals surface area contributed by atoms with Crippen LogP contribution in [-0.2, 0) is 0 Å². The van der Waals surface area contributed by atoms with Crippen LogP contribution in [0.15, 0.2) is 4.99 Å². The van der Waals surface area contributed by atoms with E-state index >= 15 is 0 Å². The maximum atomic E-state index is 5.46. The zero-order valence-electron chi connectivity index (χ0n) is 6.89. The van der Waals surface area contributed by atoms with Gasteiger partial charge in [0.25, 0.3) is 0 Å². The molecule has 0 spiro atoms. The Labute approximate surface area is 62.1 Å². The molecule has 0 fully saturated rings. The predicted octanol–water partition coefficient (Wildman–Crippen LogP) is -0.223. The van der Waals surface area contributed by atoms with Gasteiger partial charge in [-0.3, -0.25) is 10.4 Å². The van der Waals surface area contributed by atoms with E-state index in [-0.39, 0.29) is 0 Å². The maximum Gasteiger partial charge on any atom is 0.203 e. The van der Waals surface area contributed by atoms with Crippen LogP contribution in [-0.4, -0.2) is 31.6 Å². The first-order chi connectivity index (χ1) is 4.66. The molecule has 0 saturated heterocycles. The fourth-order valence-corrected chi connectivity index (χ4v) is 0.497. The zero-order valence-corrected chi connectivity index (χ0v) is 6.89. The summed E-state index contributed by atoms with van der Waals surface area (Å²) in [4.78, 5) is 4.02. The number of hydrazine groups is 1. The van der Waals surface area contributed by atoms with Crippen molar-refractivity contribution >= 4 is 5.96 Å². The second-order valence-electron chi connectivity index (χ2n) is 2.27. The summed E-state index contributed by atoms with van der Waals surface area (Å²) < 4.78 is 0. The number of guanidine groups is 1. The third-order valence-corrected chi connectivity index (χ3v) is 0.844. The van der Waals surface area contributed by atoms with Gasteiger partial charge in [-0.15, -0.1) is 0 Å². The third-order valence-electron chi connectivity index (χ3n) is 0.844. The predicted molar refractivity (Wildman–Crippen MR) is 43.6 cm³/mol. The largest absolute Gasteiger partial charge is 0.369 e. The molecular formula is C6H16N4. The van der Waals surface area contributed by atoms with Gasteiger partial charge < -0.3 is 5.73 Å². The highest BCUT2D eigenvalue weighted by Gasteiger charge is 1.88. The van der Waals surface area contributed by atoms with E-state index in [2.05, 4.69) is 17.3 Å². The van der Waals surface area contributed by atoms with Crippen molar-refractivity contribution in [1.82, 2.24) is 10.4 Å². The lowest BCUT2D eigenvalue weighted by Crippen LogP contribution is -2.41. The molecule has 3 N–H and O–H groups in total. The number of hydrogen-bond donors (Lipinski definition) is 2. The summed E-state index contributed by atoms with van der Waals surface area (Å²) in [5.74, 6) is 0.479. The van der Waals surface area contributed by atoms with Crippen molar-refractivity contribution in [2.24, 2.45) is 10.7 Å². The molecule has 0 heterocycles. The Morgan fingerprint density at radius 2 is 2.20 bits per heavy atom. The van der Waals surface area contributed by atoms with E-state index in [4.69, 9.17) is 5.73 Å². The minimum absolute atomic E-state index is 0.479. The Morgan fingerprint density at radius 3 is 2.60 bits per heavy atom. The molecule has 0 atom stereocenters. The zero-order chi connectivity index (χ0) is 7.98. The number of nitrogens with one attached hydrogen (secondary N) is 1. The van der Waals surface area contributed by atoms with Crippen molar-refractivity contribution in [3.63, 3.8) is 0 Å². The summed E-state index contributed by atoms with van der Waals surface area (Å²) in [6.45, 7) is 2.85. The van der Waals surface area contributed by atoms with Crippen LogP contribution in [0.1, 0.15) is 13.3 Å². The second-order valence-corrected chi connectivity index (χ2v) is 2.27. The van der Waals surface area contributed by atoms with Crippen molar-refractivity contribution in [3.8, 4) is 0 Å². The molecule has 0 bridgehead atoms. The molecule has 0 saturated carbocycles. The lowest BCUT2D eigenvalue weighted by atomic mass is 10.5. The topological polar surface area (TPSA) is 53.6 Å². The van der Waals surface area contributed by atoms with Gasteiger partial charge in [0.2, 0.25) is 5.96 Å². The average Bonchev–Trinajstić information content (AvgIpc) is 1.82. The van der Waals surface area contributed by atoms with Crippen LogP contribution < -0.4 is 11.2 Å². The molecule has 0 radical (unpaired) electrons. The fraction of sp³-hybridized carbons (Fsp3) is 0.833. The van der Waals surface area contributed by atoms with Gasteiger partial charge in [-0.05, 0) is 6.42 Å². The van der Waals surface area contributed by atoms with Gasteiger partial charge in [-0.2, -0.15) is 0 Å². The SMILES string of the molecule is CCCN=C(N)NN(C)C. The molecule has 0 aromatic rings. The lowest BCUT2D eigenvalue weighted by molar-refractivity contribution is 0.360. The van der Waals surface area contributed by atoms with Gasteiger partial charge in [0.05, 0.1) is 0 Å². The van der Waals surface area contributed by atoms with Crippen LogP contribution >= 0.6 is 0 Å². The van der Waals surface area contributed by atoms with E-state index in [1.807, 2.05) is 14.1 Å². The third kappa shape index (κ3) is 5.37. The fourth-order valence-electron chi connectivity index (χ4n) is 0.497. The first-order valence-corrected chi connectivity index (χ1v) is 3.40. The molecular weight excluding hydrogens is 128 g/mol. The molecule has 0 aliphatic heterocycles. The standard InChI is InChI=1S/C6H16N4/c1-4-5-8-6(7)9-10(2)3/h4-5H2,1-3H3,(H3,7,8,9). The molecule has 0 aromatic heterocycles. The highest BCUT2D eigenvalue weighted by Crippen LogP contribution is 1.76. The minimum Gasteiger partial charge on any atom is -0.369 e. The van der Waals surface area contributed by atoms with E-state index < -0.39 is 0 Å². The molecule has 10 heavy (non-hydrogen) atoms. The molecule has 60 valence electrons. The Hall–Kier alpha value is -0.770. The lowest BCUT2D eigenvalue weighted by Gasteiger charge is -2.11. The van der Waals surface area contributed by atoms with Crippen LogP contribution in [0.3, 0.4) is 0 Å². The maximum absolute atomic E-state index is 5.46. The Morgan fingerprint density at radius 1 is 1.60 bits per heavy atom. The first-order valence-electron chi connectivity index (χ1n) is 3.40. The number of nitrogens with zero attached hydrogens (tertiary/aromatic N) is 2. The molecule has 4 nitrogen and oxygen atoms in total. The van der Waals surface area contributed by atoms with Crippen molar-refractivity contribution < 1.29 is 0 Å². The van der Waals surface area contributed by atoms with Gasteiger partial charge in [0.15, 0.2) is 0 Å². The normalized spacial score (nSPS) is 12.2. The molecule has 0 aliphatic carbocycles. The summed E-state index contributed by atoms with van der Waals surface area (Å²) in [7, 11) is 3.74. The summed E-state index contributed by atoms with van der Waals surface area (Å²) in [6.07, 6.45) is 1.02. The van der Waals surface area contributed by atoms with Gasteiger partial charge >= 0.3 is 0 Å². The number of nitrogens with two attached hydrogens (primary N) is 1. The molecule has 0 amide bonds. The summed E-state index contributed by atoms with van der Waals surface area (Å²) in [5.41, 5.74) is 8.30. The number of rotatable bonds is 3. The highest BCUT2D eigenvalue weighted by molar-refractivity contribution is 5.77. The molecule has 4 heteroatoms. The van der Waals surface area contributed by atoms with E-state index in [1.54, 1.807) is 5.01 Å². The minimum atomic E-state index is 0.479. The van der Waals surface area contributed by atoms with Crippen LogP contribution in [0.5, 0.6) is 0 Å². The first kappa shape index (κ1) is 9.23. The Kier molecular flexibility index (Phi) is 4.66. The van der Waals surface area contributed by atoms with Crippen LogP contribution in [0, 0.1) is 0 Å². The van der Waals surface area contributed by atoms with E-state index in [9.17, 15) is 0 Å². The number of aliphatic imine (C=N–C) groups is 1. The average molecular weight is 144 g/mol. The van der Waals surface area contributed by atoms with Gasteiger partial charge in [-0.1, -0.05) is 6.92 Å². The van der Waals surface area contributed by atoms with Crippen molar-refractivity contribution in [1.29, 1.82) is 0 Å². The summed E-state index contributed by atoms with van der Waals surface area (Å²) in [6, 6.07) is 0. The molecule has 0 unspecified atom stereocenters. The van der Waals surface area contributed by atoms with Crippen LogP contribution in [0.4, 0.5) is 0 Å². The van der Waals surface area contributed by atoms with Crippen molar-refractivity contribution in [2.45, 2.75) is 13.3 Å². The number of hydrogen-bond acceptors (Lipinski definition) is 2.